The molecule has 0 N–H and O–H groups in total. The molecule has 1 fully saturated rings. The lowest BCUT2D eigenvalue weighted by molar-refractivity contribution is 0.139. The van der Waals surface area contributed by atoms with E-state index in [4.69, 9.17) is 9.47 Å². The summed E-state index contributed by atoms with van der Waals surface area (Å²) >= 11 is 0. The van der Waals surface area contributed by atoms with Gasteiger partial charge in [-0.15, -0.1) is 0 Å². The first kappa shape index (κ1) is 14.1. The number of hydrogen-bond acceptors (Lipinski definition) is 3. The first-order valence-corrected chi connectivity index (χ1v) is 7.27. The van der Waals surface area contributed by atoms with Gasteiger partial charge in [0.15, 0.2) is 0 Å². The molecule has 1 heterocycles. The maximum Gasteiger partial charge on any atom is 0.118 e. The van der Waals surface area contributed by atoms with Gasteiger partial charge in [-0.2, -0.15) is 0 Å². The fourth-order valence-electron chi connectivity index (χ4n) is 2.84. The van der Waals surface area contributed by atoms with Crippen molar-refractivity contribution < 1.29 is 9.47 Å². The molecule has 1 unspecified atom stereocenters. The maximum absolute atomic E-state index is 5.42. The van der Waals surface area contributed by atoms with E-state index >= 15 is 0 Å². The van der Waals surface area contributed by atoms with Crippen molar-refractivity contribution in [3.05, 3.63) is 65.7 Å². The summed E-state index contributed by atoms with van der Waals surface area (Å²) in [5.41, 5.74) is 2.66. The largest absolute Gasteiger partial charge is 0.497 e. The van der Waals surface area contributed by atoms with Crippen molar-refractivity contribution in [2.24, 2.45) is 0 Å². The van der Waals surface area contributed by atoms with Gasteiger partial charge in [0.1, 0.15) is 5.75 Å². The summed E-state index contributed by atoms with van der Waals surface area (Å²) in [6.07, 6.45) is 0. The summed E-state index contributed by atoms with van der Waals surface area (Å²) in [4.78, 5) is 2.47. The second-order valence-electron chi connectivity index (χ2n) is 5.37. The molecule has 0 aromatic heterocycles. The van der Waals surface area contributed by atoms with Crippen LogP contribution in [0.5, 0.6) is 5.75 Å². The highest BCUT2D eigenvalue weighted by molar-refractivity contribution is 5.33. The molecule has 0 aliphatic carbocycles. The first-order chi connectivity index (χ1) is 10.3. The lowest BCUT2D eigenvalue weighted by Crippen LogP contribution is -2.16. The Labute approximate surface area is 126 Å². The van der Waals surface area contributed by atoms with Gasteiger partial charge in [-0.05, 0) is 23.3 Å². The monoisotopic (exact) mass is 283 g/mol. The summed E-state index contributed by atoms with van der Waals surface area (Å²) in [6.45, 7) is 1.80. The first-order valence-electron chi connectivity index (χ1n) is 7.27. The Morgan fingerprint density at radius 1 is 1.05 bits per heavy atom. The predicted octanol–water partition coefficient (Wildman–Crippen LogP) is 3.44. The predicted molar refractivity (Wildman–Crippen MR) is 83.5 cm³/mol. The lowest BCUT2D eigenvalue weighted by atomic mass is 10.1. The SMILES string of the molecule is COC[C@@H](c1ccccc1)N1C[C@@H]1c1ccc(OC)cc1. The van der Waals surface area contributed by atoms with Crippen LogP contribution in [0.1, 0.15) is 23.2 Å². The lowest BCUT2D eigenvalue weighted by Gasteiger charge is -2.19. The van der Waals surface area contributed by atoms with E-state index in [0.29, 0.717) is 12.1 Å². The van der Waals surface area contributed by atoms with Crippen molar-refractivity contribution in [1.82, 2.24) is 4.90 Å². The highest BCUT2D eigenvalue weighted by atomic mass is 16.5. The standard InChI is InChI=1S/C18H21NO2/c1-20-13-18(14-6-4-3-5-7-14)19-12-17(19)15-8-10-16(21-2)11-9-15/h3-11,17-18H,12-13H2,1-2H3/t17-,18+,19?/m1/s1. The molecule has 3 atom stereocenters. The minimum absolute atomic E-state index is 0.323. The van der Waals surface area contributed by atoms with Gasteiger partial charge in [-0.25, -0.2) is 0 Å². The average molecular weight is 283 g/mol. The number of nitrogens with zero attached hydrogens (tertiary/aromatic N) is 1. The van der Waals surface area contributed by atoms with E-state index in [-0.39, 0.29) is 0 Å². The topological polar surface area (TPSA) is 21.5 Å². The summed E-state index contributed by atoms with van der Waals surface area (Å²) in [5.74, 6) is 0.905. The molecule has 110 valence electrons. The molecule has 1 aliphatic rings. The van der Waals surface area contributed by atoms with Gasteiger partial charge in [0.25, 0.3) is 0 Å². The third kappa shape index (κ3) is 3.09. The summed E-state index contributed by atoms with van der Waals surface area (Å²) in [7, 11) is 3.46. The Hall–Kier alpha value is -1.84. The van der Waals surface area contributed by atoms with Crippen LogP contribution in [0.4, 0.5) is 0 Å². The van der Waals surface area contributed by atoms with Crippen LogP contribution in [0.3, 0.4) is 0 Å². The molecule has 3 heteroatoms. The van der Waals surface area contributed by atoms with Gasteiger partial charge in [-0.3, -0.25) is 4.90 Å². The van der Waals surface area contributed by atoms with E-state index in [1.165, 1.54) is 11.1 Å². The van der Waals surface area contributed by atoms with Crippen molar-refractivity contribution in [2.45, 2.75) is 12.1 Å². The smallest absolute Gasteiger partial charge is 0.118 e. The third-order valence-electron chi connectivity index (χ3n) is 4.06. The Kier molecular flexibility index (Phi) is 4.23. The second kappa shape index (κ2) is 6.29. The number of hydrogen-bond donors (Lipinski definition) is 0. The van der Waals surface area contributed by atoms with Gasteiger partial charge in [0, 0.05) is 19.7 Å². The molecule has 0 radical (unpaired) electrons. The summed E-state index contributed by atoms with van der Waals surface area (Å²) < 4.78 is 10.6. The molecule has 2 aromatic rings. The molecule has 0 saturated carbocycles. The number of methoxy groups -OCH3 is 2. The van der Waals surface area contributed by atoms with E-state index in [9.17, 15) is 0 Å². The van der Waals surface area contributed by atoms with Crippen LogP contribution in [0.2, 0.25) is 0 Å². The zero-order valence-electron chi connectivity index (χ0n) is 12.5. The highest BCUT2D eigenvalue weighted by Crippen LogP contribution is 2.43. The second-order valence-corrected chi connectivity index (χ2v) is 5.37. The minimum Gasteiger partial charge on any atom is -0.497 e. The fourth-order valence-corrected chi connectivity index (χ4v) is 2.84. The average Bonchev–Trinajstić information content (AvgIpc) is 3.34. The molecule has 2 aromatic carbocycles. The fraction of sp³-hybridized carbons (Fsp3) is 0.333. The number of ether oxygens (including phenoxy) is 2. The normalized spacial score (nSPS) is 21.8. The molecule has 1 saturated heterocycles. The minimum atomic E-state index is 0.323. The van der Waals surface area contributed by atoms with Crippen molar-refractivity contribution >= 4 is 0 Å². The summed E-state index contributed by atoms with van der Waals surface area (Å²) in [6, 6.07) is 19.7. The zero-order chi connectivity index (χ0) is 14.7. The third-order valence-corrected chi connectivity index (χ3v) is 4.06. The van der Waals surface area contributed by atoms with Crippen LogP contribution < -0.4 is 4.74 Å². The molecule has 0 bridgehead atoms. The van der Waals surface area contributed by atoms with Gasteiger partial charge >= 0.3 is 0 Å². The van der Waals surface area contributed by atoms with Crippen LogP contribution in [0.15, 0.2) is 54.6 Å². The molecule has 21 heavy (non-hydrogen) atoms. The molecule has 3 nitrogen and oxygen atoms in total. The molecule has 0 spiro atoms. The van der Waals surface area contributed by atoms with E-state index in [0.717, 1.165) is 18.9 Å². The molecule has 1 aliphatic heterocycles. The molecular formula is C18H21NO2. The Morgan fingerprint density at radius 2 is 1.76 bits per heavy atom. The van der Waals surface area contributed by atoms with Gasteiger partial charge in [0.05, 0.1) is 19.8 Å². The van der Waals surface area contributed by atoms with Crippen molar-refractivity contribution in [1.29, 1.82) is 0 Å². The Morgan fingerprint density at radius 3 is 2.38 bits per heavy atom. The van der Waals surface area contributed by atoms with Crippen molar-refractivity contribution in [3.63, 3.8) is 0 Å². The van der Waals surface area contributed by atoms with Gasteiger partial charge in [0.2, 0.25) is 0 Å². The van der Waals surface area contributed by atoms with Crippen molar-refractivity contribution in [2.75, 3.05) is 27.4 Å². The van der Waals surface area contributed by atoms with E-state index in [2.05, 4.69) is 47.4 Å². The van der Waals surface area contributed by atoms with Crippen molar-refractivity contribution in [3.8, 4) is 5.75 Å². The van der Waals surface area contributed by atoms with Gasteiger partial charge in [-0.1, -0.05) is 42.5 Å². The van der Waals surface area contributed by atoms with Crippen LogP contribution in [0.25, 0.3) is 0 Å². The highest BCUT2D eigenvalue weighted by Gasteiger charge is 2.41. The zero-order valence-corrected chi connectivity index (χ0v) is 12.5. The molecular weight excluding hydrogens is 262 g/mol. The molecule has 3 rings (SSSR count). The quantitative estimate of drug-likeness (QED) is 0.758. The number of benzene rings is 2. The Bertz CT molecular complexity index is 568. The molecule has 0 amide bonds. The van der Waals surface area contributed by atoms with E-state index < -0.39 is 0 Å². The van der Waals surface area contributed by atoms with E-state index in [1.54, 1.807) is 14.2 Å². The van der Waals surface area contributed by atoms with Gasteiger partial charge < -0.3 is 9.47 Å². The summed E-state index contributed by atoms with van der Waals surface area (Å²) in [5, 5.41) is 0. The Balaban J connectivity index is 1.74. The maximum atomic E-state index is 5.42. The van der Waals surface area contributed by atoms with E-state index in [1.807, 2.05) is 12.1 Å². The number of rotatable bonds is 6. The van der Waals surface area contributed by atoms with Crippen LogP contribution in [-0.2, 0) is 4.74 Å². The van der Waals surface area contributed by atoms with Crippen LogP contribution in [-0.4, -0.2) is 32.3 Å². The van der Waals surface area contributed by atoms with Crippen LogP contribution >= 0.6 is 0 Å². The van der Waals surface area contributed by atoms with Crippen LogP contribution in [0, 0.1) is 0 Å².